The molecule has 3 aromatic rings. The zero-order valence-electron chi connectivity index (χ0n) is 15.0. The van der Waals surface area contributed by atoms with E-state index in [9.17, 15) is 4.79 Å². The van der Waals surface area contributed by atoms with Gasteiger partial charge in [-0.15, -0.1) is 11.3 Å². The fourth-order valence-corrected chi connectivity index (χ4v) is 4.87. The summed E-state index contributed by atoms with van der Waals surface area (Å²) in [6.45, 7) is 3.78. The van der Waals surface area contributed by atoms with Crippen LogP contribution in [0, 0.1) is 0 Å². The molecule has 27 heavy (non-hydrogen) atoms. The lowest BCUT2D eigenvalue weighted by Crippen LogP contribution is -2.35. The first-order valence-corrected chi connectivity index (χ1v) is 10.2. The first kappa shape index (κ1) is 16.9. The average molecular weight is 382 g/mol. The summed E-state index contributed by atoms with van der Waals surface area (Å²) < 4.78 is 5.40. The van der Waals surface area contributed by atoms with E-state index >= 15 is 0 Å². The van der Waals surface area contributed by atoms with Crippen LogP contribution < -0.4 is 5.32 Å². The number of fused-ring (bicyclic) bond motifs is 2. The van der Waals surface area contributed by atoms with E-state index in [0.29, 0.717) is 24.8 Å². The molecule has 140 valence electrons. The van der Waals surface area contributed by atoms with Gasteiger partial charge in [0.15, 0.2) is 0 Å². The summed E-state index contributed by atoms with van der Waals surface area (Å²) in [6.07, 6.45) is 1.89. The van der Waals surface area contributed by atoms with Crippen LogP contribution in [0.1, 0.15) is 32.5 Å². The number of H-pyrrole nitrogens is 1. The third kappa shape index (κ3) is 3.38. The molecule has 2 aliphatic heterocycles. The first-order chi connectivity index (χ1) is 13.3. The summed E-state index contributed by atoms with van der Waals surface area (Å²) in [5, 5.41) is 5.69. The normalized spacial score (nSPS) is 19.6. The number of amides is 1. The second kappa shape index (κ2) is 7.07. The summed E-state index contributed by atoms with van der Waals surface area (Å²) in [7, 11) is 0. The van der Waals surface area contributed by atoms with Gasteiger partial charge in [0, 0.05) is 47.9 Å². The van der Waals surface area contributed by atoms with E-state index in [1.165, 1.54) is 4.88 Å². The van der Waals surface area contributed by atoms with Crippen LogP contribution in [-0.2, 0) is 24.2 Å². The molecule has 1 saturated heterocycles. The molecular formula is C20H22N4O2S. The summed E-state index contributed by atoms with van der Waals surface area (Å²) in [4.78, 5) is 24.1. The van der Waals surface area contributed by atoms with E-state index in [-0.39, 0.29) is 5.91 Å². The molecule has 1 fully saturated rings. The largest absolute Gasteiger partial charge is 0.380 e. The quantitative estimate of drug-likeness (QED) is 0.728. The summed E-state index contributed by atoms with van der Waals surface area (Å²) >= 11 is 1.72. The third-order valence-corrected chi connectivity index (χ3v) is 6.38. The maximum atomic E-state index is 12.9. The van der Waals surface area contributed by atoms with E-state index in [4.69, 9.17) is 9.72 Å². The Kier molecular flexibility index (Phi) is 4.43. The lowest BCUT2D eigenvalue weighted by molar-refractivity contribution is 0.0731. The number of aromatic amines is 1. The maximum absolute atomic E-state index is 12.9. The lowest BCUT2D eigenvalue weighted by atomic mass is 10.1. The molecule has 2 aliphatic rings. The molecule has 0 saturated carbocycles. The van der Waals surface area contributed by atoms with Gasteiger partial charge in [0.25, 0.3) is 5.91 Å². The van der Waals surface area contributed by atoms with Gasteiger partial charge in [-0.05, 0) is 18.6 Å². The molecule has 1 aromatic carbocycles. The molecule has 1 unspecified atom stereocenters. The van der Waals surface area contributed by atoms with Crippen LogP contribution in [0.15, 0.2) is 30.3 Å². The molecule has 7 heteroatoms. The number of rotatable bonds is 4. The van der Waals surface area contributed by atoms with Crippen molar-refractivity contribution in [2.24, 2.45) is 0 Å². The number of hydrogen-bond donors (Lipinski definition) is 2. The summed E-state index contributed by atoms with van der Waals surface area (Å²) in [6, 6.07) is 10.4. The van der Waals surface area contributed by atoms with E-state index < -0.39 is 0 Å². The molecule has 1 amide bonds. The predicted molar refractivity (Wildman–Crippen MR) is 105 cm³/mol. The van der Waals surface area contributed by atoms with Crippen molar-refractivity contribution in [3.8, 4) is 0 Å². The number of aromatic nitrogens is 2. The molecule has 0 spiro atoms. The van der Waals surface area contributed by atoms with Crippen LogP contribution in [0.5, 0.6) is 0 Å². The van der Waals surface area contributed by atoms with Crippen molar-refractivity contribution in [3.05, 3.63) is 51.6 Å². The molecular weight excluding hydrogens is 360 g/mol. The topological polar surface area (TPSA) is 70.2 Å². The highest BCUT2D eigenvalue weighted by molar-refractivity contribution is 7.11. The second-order valence-electron chi connectivity index (χ2n) is 7.17. The minimum absolute atomic E-state index is 0.0630. The summed E-state index contributed by atoms with van der Waals surface area (Å²) in [5.41, 5.74) is 2.81. The average Bonchev–Trinajstić information content (AvgIpc) is 3.43. The zero-order chi connectivity index (χ0) is 18.2. The number of ether oxygens (including phenoxy) is 1. The van der Waals surface area contributed by atoms with Crippen molar-refractivity contribution < 1.29 is 9.53 Å². The van der Waals surface area contributed by atoms with Crippen LogP contribution in [0.2, 0.25) is 0 Å². The Labute approximate surface area is 161 Å². The highest BCUT2D eigenvalue weighted by atomic mass is 32.1. The predicted octanol–water partition coefficient (Wildman–Crippen LogP) is 2.70. The number of benzene rings is 1. The number of para-hydroxylation sites is 1. The van der Waals surface area contributed by atoms with Gasteiger partial charge in [-0.1, -0.05) is 18.2 Å². The Morgan fingerprint density at radius 2 is 2.33 bits per heavy atom. The third-order valence-electron chi connectivity index (χ3n) is 5.29. The van der Waals surface area contributed by atoms with Crippen molar-refractivity contribution in [3.63, 3.8) is 0 Å². The van der Waals surface area contributed by atoms with Crippen molar-refractivity contribution in [1.29, 1.82) is 0 Å². The van der Waals surface area contributed by atoms with E-state index in [0.717, 1.165) is 54.2 Å². The van der Waals surface area contributed by atoms with Crippen molar-refractivity contribution in [2.75, 3.05) is 19.8 Å². The highest BCUT2D eigenvalue weighted by Crippen LogP contribution is 2.27. The molecule has 1 atom stereocenters. The molecule has 4 heterocycles. The number of nitrogens with one attached hydrogen (secondary N) is 2. The second-order valence-corrected chi connectivity index (χ2v) is 8.33. The Morgan fingerprint density at radius 3 is 3.19 bits per heavy atom. The number of carbonyl (C=O) groups excluding carboxylic acids is 1. The van der Waals surface area contributed by atoms with Gasteiger partial charge in [0.05, 0.1) is 18.8 Å². The van der Waals surface area contributed by atoms with Crippen molar-refractivity contribution in [2.45, 2.75) is 32.0 Å². The number of nitrogens with zero attached hydrogens (tertiary/aromatic N) is 2. The van der Waals surface area contributed by atoms with E-state index in [1.54, 1.807) is 11.3 Å². The van der Waals surface area contributed by atoms with Crippen molar-refractivity contribution >= 4 is 28.1 Å². The van der Waals surface area contributed by atoms with Crippen LogP contribution in [-0.4, -0.2) is 46.6 Å². The van der Waals surface area contributed by atoms with Crippen LogP contribution >= 0.6 is 11.3 Å². The van der Waals surface area contributed by atoms with Crippen LogP contribution in [0.4, 0.5) is 0 Å². The Balaban J connectivity index is 1.28. The van der Waals surface area contributed by atoms with Gasteiger partial charge in [-0.2, -0.15) is 0 Å². The van der Waals surface area contributed by atoms with E-state index in [2.05, 4.69) is 10.3 Å². The Morgan fingerprint density at radius 1 is 1.41 bits per heavy atom. The van der Waals surface area contributed by atoms with Gasteiger partial charge in [0.2, 0.25) is 0 Å². The standard InChI is InChI=1S/C20H22N4O2S/c25-20(17-9-13-3-1-2-4-15(13)22-17)24-7-5-16-18(11-24)27-19(23-16)10-21-14-6-8-26-12-14/h1-4,9,14,21-22H,5-8,10-12H2. The molecule has 2 aromatic heterocycles. The van der Waals surface area contributed by atoms with E-state index in [1.807, 2.05) is 35.2 Å². The fraction of sp³-hybridized carbons (Fsp3) is 0.400. The number of thiazole rings is 1. The van der Waals surface area contributed by atoms with Crippen LogP contribution in [0.25, 0.3) is 10.9 Å². The minimum Gasteiger partial charge on any atom is -0.380 e. The van der Waals surface area contributed by atoms with Gasteiger partial charge in [-0.3, -0.25) is 4.79 Å². The molecule has 0 aliphatic carbocycles. The summed E-state index contributed by atoms with van der Waals surface area (Å²) in [5.74, 6) is 0.0630. The van der Waals surface area contributed by atoms with Gasteiger partial charge in [0.1, 0.15) is 10.7 Å². The van der Waals surface area contributed by atoms with Gasteiger partial charge < -0.3 is 19.9 Å². The van der Waals surface area contributed by atoms with Crippen LogP contribution in [0.3, 0.4) is 0 Å². The number of carbonyl (C=O) groups is 1. The fourth-order valence-electron chi connectivity index (χ4n) is 3.78. The Bertz CT molecular complexity index is 940. The van der Waals surface area contributed by atoms with Gasteiger partial charge >= 0.3 is 0 Å². The zero-order valence-corrected chi connectivity index (χ0v) is 15.8. The first-order valence-electron chi connectivity index (χ1n) is 9.42. The Hall–Kier alpha value is -2.22. The molecule has 0 radical (unpaired) electrons. The number of hydrogen-bond acceptors (Lipinski definition) is 5. The monoisotopic (exact) mass is 382 g/mol. The minimum atomic E-state index is 0.0630. The van der Waals surface area contributed by atoms with Gasteiger partial charge in [-0.25, -0.2) is 4.98 Å². The smallest absolute Gasteiger partial charge is 0.270 e. The lowest BCUT2D eigenvalue weighted by Gasteiger charge is -2.25. The molecule has 5 rings (SSSR count). The molecule has 2 N–H and O–H groups in total. The maximum Gasteiger partial charge on any atom is 0.270 e. The highest BCUT2D eigenvalue weighted by Gasteiger charge is 2.26. The molecule has 0 bridgehead atoms. The molecule has 6 nitrogen and oxygen atoms in total. The van der Waals surface area contributed by atoms with Crippen molar-refractivity contribution in [1.82, 2.24) is 20.2 Å². The SMILES string of the molecule is O=C(c1cc2ccccc2[nH]1)N1CCc2nc(CNC3CCOC3)sc2C1.